The molecule has 0 amide bonds. The Morgan fingerprint density at radius 3 is 2.25 bits per heavy atom. The molecule has 74 valence electrons. The Balaban J connectivity index is 3.19. The third kappa shape index (κ3) is 6.54. The molecular formula is C8H18O4. The molecule has 1 unspecified atom stereocenters. The van der Waals surface area contributed by atoms with Gasteiger partial charge in [0, 0.05) is 27.9 Å². The molecule has 4 nitrogen and oxygen atoms in total. The maximum absolute atomic E-state index is 5.31. The fraction of sp³-hybridized carbons (Fsp3) is 1.00. The van der Waals surface area contributed by atoms with E-state index in [2.05, 4.69) is 0 Å². The molecule has 0 spiro atoms. The zero-order valence-corrected chi connectivity index (χ0v) is 8.04. The minimum atomic E-state index is -0.258. The average molecular weight is 178 g/mol. The molecule has 1 atom stereocenters. The van der Waals surface area contributed by atoms with Gasteiger partial charge >= 0.3 is 0 Å². The minimum absolute atomic E-state index is 0.258. The van der Waals surface area contributed by atoms with Crippen LogP contribution >= 0.6 is 0 Å². The molecular weight excluding hydrogens is 160 g/mol. The summed E-state index contributed by atoms with van der Waals surface area (Å²) in [5, 5.41) is 0. The van der Waals surface area contributed by atoms with Crippen LogP contribution in [0.5, 0.6) is 0 Å². The lowest BCUT2D eigenvalue weighted by molar-refractivity contribution is -0.153. The van der Waals surface area contributed by atoms with Crippen LogP contribution in [0.1, 0.15) is 6.42 Å². The fourth-order valence-corrected chi connectivity index (χ4v) is 0.738. The molecule has 0 saturated carbocycles. The van der Waals surface area contributed by atoms with Gasteiger partial charge in [0.1, 0.15) is 0 Å². The maximum Gasteiger partial charge on any atom is 0.180 e. The molecule has 0 bridgehead atoms. The van der Waals surface area contributed by atoms with E-state index in [4.69, 9.17) is 18.9 Å². The molecule has 4 heteroatoms. The second-order valence-corrected chi connectivity index (χ2v) is 2.34. The minimum Gasteiger partial charge on any atom is -0.385 e. The van der Waals surface area contributed by atoms with Crippen molar-refractivity contribution in [1.29, 1.82) is 0 Å². The summed E-state index contributed by atoms with van der Waals surface area (Å²) >= 11 is 0. The van der Waals surface area contributed by atoms with Crippen LogP contribution in [0.2, 0.25) is 0 Å². The summed E-state index contributed by atoms with van der Waals surface area (Å²) in [4.78, 5) is 0. The number of methoxy groups -OCH3 is 3. The number of hydrogen-bond acceptors (Lipinski definition) is 4. The lowest BCUT2D eigenvalue weighted by Gasteiger charge is -2.14. The van der Waals surface area contributed by atoms with Crippen LogP contribution in [0, 0.1) is 0 Å². The van der Waals surface area contributed by atoms with E-state index >= 15 is 0 Å². The van der Waals surface area contributed by atoms with Crippen LogP contribution in [-0.4, -0.2) is 47.4 Å². The largest absolute Gasteiger partial charge is 0.385 e. The highest BCUT2D eigenvalue weighted by Gasteiger charge is 2.05. The standard InChI is InChI=1S/C8H18O4/c1-9-5-4-6-12-8(11-3)7-10-2/h8H,4-7H2,1-3H3. The Hall–Kier alpha value is -0.160. The van der Waals surface area contributed by atoms with Gasteiger partial charge in [0.05, 0.1) is 13.2 Å². The smallest absolute Gasteiger partial charge is 0.180 e. The zero-order chi connectivity index (χ0) is 9.23. The summed E-state index contributed by atoms with van der Waals surface area (Å²) < 4.78 is 20.0. The van der Waals surface area contributed by atoms with Gasteiger partial charge in [-0.2, -0.15) is 0 Å². The Kier molecular flexibility index (Phi) is 8.81. The number of rotatable bonds is 8. The van der Waals surface area contributed by atoms with Crippen molar-refractivity contribution in [2.24, 2.45) is 0 Å². The molecule has 0 rings (SSSR count). The van der Waals surface area contributed by atoms with Crippen molar-refractivity contribution < 1.29 is 18.9 Å². The molecule has 0 radical (unpaired) electrons. The summed E-state index contributed by atoms with van der Waals surface area (Å²) in [5.74, 6) is 0. The predicted octanol–water partition coefficient (Wildman–Crippen LogP) is 0.658. The van der Waals surface area contributed by atoms with Crippen LogP contribution in [-0.2, 0) is 18.9 Å². The van der Waals surface area contributed by atoms with Crippen molar-refractivity contribution >= 4 is 0 Å². The molecule has 0 fully saturated rings. The van der Waals surface area contributed by atoms with E-state index < -0.39 is 0 Å². The van der Waals surface area contributed by atoms with Crippen molar-refractivity contribution in [3.63, 3.8) is 0 Å². The Morgan fingerprint density at radius 1 is 1.00 bits per heavy atom. The third-order valence-electron chi connectivity index (χ3n) is 1.36. The van der Waals surface area contributed by atoms with Gasteiger partial charge in [-0.15, -0.1) is 0 Å². The molecule has 12 heavy (non-hydrogen) atoms. The van der Waals surface area contributed by atoms with Gasteiger partial charge in [-0.3, -0.25) is 0 Å². The topological polar surface area (TPSA) is 36.9 Å². The normalized spacial score (nSPS) is 13.2. The van der Waals surface area contributed by atoms with Crippen LogP contribution in [0.25, 0.3) is 0 Å². The van der Waals surface area contributed by atoms with Gasteiger partial charge in [0.25, 0.3) is 0 Å². The summed E-state index contributed by atoms with van der Waals surface area (Å²) in [6.07, 6.45) is 0.618. The average Bonchev–Trinajstić information content (AvgIpc) is 2.10. The monoisotopic (exact) mass is 178 g/mol. The summed E-state index contributed by atoms with van der Waals surface area (Å²) in [5.41, 5.74) is 0. The van der Waals surface area contributed by atoms with E-state index in [-0.39, 0.29) is 6.29 Å². The van der Waals surface area contributed by atoms with Crippen molar-refractivity contribution in [3.05, 3.63) is 0 Å². The van der Waals surface area contributed by atoms with E-state index in [1.807, 2.05) is 0 Å². The van der Waals surface area contributed by atoms with E-state index in [0.29, 0.717) is 19.8 Å². The SMILES string of the molecule is COCCCOC(COC)OC. The van der Waals surface area contributed by atoms with Gasteiger partial charge in [-0.05, 0) is 6.42 Å². The second kappa shape index (κ2) is 8.93. The Morgan fingerprint density at radius 2 is 1.75 bits per heavy atom. The van der Waals surface area contributed by atoms with Crippen molar-refractivity contribution in [2.45, 2.75) is 12.7 Å². The molecule has 0 aromatic heterocycles. The van der Waals surface area contributed by atoms with E-state index in [9.17, 15) is 0 Å². The molecule has 0 saturated heterocycles. The first kappa shape index (κ1) is 11.8. The zero-order valence-electron chi connectivity index (χ0n) is 8.04. The summed E-state index contributed by atoms with van der Waals surface area (Å²) in [6, 6.07) is 0. The molecule has 0 aromatic rings. The van der Waals surface area contributed by atoms with E-state index in [0.717, 1.165) is 6.42 Å². The van der Waals surface area contributed by atoms with Gasteiger partial charge in [0.15, 0.2) is 6.29 Å². The lowest BCUT2D eigenvalue weighted by atomic mass is 10.5. The molecule has 0 aliphatic rings. The predicted molar refractivity (Wildman–Crippen MR) is 45.1 cm³/mol. The molecule has 0 aliphatic carbocycles. The third-order valence-corrected chi connectivity index (χ3v) is 1.36. The van der Waals surface area contributed by atoms with Crippen molar-refractivity contribution in [1.82, 2.24) is 0 Å². The molecule has 0 aliphatic heterocycles. The van der Waals surface area contributed by atoms with Crippen molar-refractivity contribution in [3.8, 4) is 0 Å². The number of hydrogen-bond donors (Lipinski definition) is 0. The summed E-state index contributed by atoms with van der Waals surface area (Å²) in [7, 11) is 4.88. The van der Waals surface area contributed by atoms with Gasteiger partial charge in [-0.1, -0.05) is 0 Å². The first-order chi connectivity index (χ1) is 5.85. The number of ether oxygens (including phenoxy) is 4. The first-order valence-electron chi connectivity index (χ1n) is 3.97. The van der Waals surface area contributed by atoms with Crippen LogP contribution < -0.4 is 0 Å². The van der Waals surface area contributed by atoms with Gasteiger partial charge in [0.2, 0.25) is 0 Å². The van der Waals surface area contributed by atoms with Gasteiger partial charge in [-0.25, -0.2) is 0 Å². The highest BCUT2D eigenvalue weighted by molar-refractivity contribution is 4.40. The van der Waals surface area contributed by atoms with E-state index in [1.54, 1.807) is 21.3 Å². The first-order valence-corrected chi connectivity index (χ1v) is 3.97. The van der Waals surface area contributed by atoms with Crippen LogP contribution in [0.15, 0.2) is 0 Å². The molecule has 0 N–H and O–H groups in total. The fourth-order valence-electron chi connectivity index (χ4n) is 0.738. The summed E-state index contributed by atoms with van der Waals surface area (Å²) in [6.45, 7) is 1.81. The van der Waals surface area contributed by atoms with Crippen molar-refractivity contribution in [2.75, 3.05) is 41.2 Å². The molecule has 0 aromatic carbocycles. The lowest BCUT2D eigenvalue weighted by Crippen LogP contribution is -2.22. The van der Waals surface area contributed by atoms with Gasteiger partial charge < -0.3 is 18.9 Å². The van der Waals surface area contributed by atoms with Crippen LogP contribution in [0.4, 0.5) is 0 Å². The Labute approximate surface area is 73.7 Å². The van der Waals surface area contributed by atoms with E-state index in [1.165, 1.54) is 0 Å². The highest BCUT2D eigenvalue weighted by Crippen LogP contribution is 1.95. The second-order valence-electron chi connectivity index (χ2n) is 2.34. The highest BCUT2D eigenvalue weighted by atomic mass is 16.7. The quantitative estimate of drug-likeness (QED) is 0.404. The Bertz CT molecular complexity index is 87.1. The maximum atomic E-state index is 5.31. The molecule has 0 heterocycles. The van der Waals surface area contributed by atoms with Crippen LogP contribution in [0.3, 0.4) is 0 Å².